The number of carbonyl (C=O) groups excluding carboxylic acids is 5. The number of esters is 4. The first kappa shape index (κ1) is 25.8. The molecule has 1 saturated heterocycles. The van der Waals surface area contributed by atoms with Gasteiger partial charge >= 0.3 is 23.9 Å². The first-order valence-corrected chi connectivity index (χ1v) is 10.2. The zero-order chi connectivity index (χ0) is 24.5. The summed E-state index contributed by atoms with van der Waals surface area (Å²) >= 11 is 0. The Kier molecular flexibility index (Phi) is 9.34. The average Bonchev–Trinajstić information content (AvgIpc) is 2.70. The number of ether oxygens (including phenoxy) is 5. The number of rotatable bonds is 8. The maximum Gasteiger partial charge on any atom is 0.305 e. The maximum atomic E-state index is 12.7. The van der Waals surface area contributed by atoms with Gasteiger partial charge in [0, 0.05) is 27.7 Å². The van der Waals surface area contributed by atoms with Crippen molar-refractivity contribution >= 4 is 29.8 Å². The molecule has 11 heteroatoms. The van der Waals surface area contributed by atoms with Gasteiger partial charge in [0.2, 0.25) is 12.2 Å². The molecule has 0 aliphatic carbocycles. The Morgan fingerprint density at radius 3 is 1.94 bits per heavy atom. The normalized spacial score (nSPS) is 24.2. The molecule has 1 heterocycles. The van der Waals surface area contributed by atoms with Crippen molar-refractivity contribution in [3.05, 3.63) is 35.9 Å². The minimum atomic E-state index is -1.42. The second kappa shape index (κ2) is 12.0. The molecule has 180 valence electrons. The standard InChI is InChI=1S/C22H27NO10/c1-12(24)29-11-17-20(30-13(2)25)21(31-14(3)26)19(22(33-17)32-15(4)27)23-18(28)10-16-8-6-5-7-9-16/h5-9,17,19-22H,10-11H2,1-4H3,(H,23,28)/t17?,19-,20+,21-,22-/m1/s1. The molecule has 0 aromatic heterocycles. The highest BCUT2D eigenvalue weighted by molar-refractivity contribution is 5.79. The quantitative estimate of drug-likeness (QED) is 0.424. The summed E-state index contributed by atoms with van der Waals surface area (Å²) in [5.41, 5.74) is 0.712. The van der Waals surface area contributed by atoms with E-state index in [2.05, 4.69) is 5.32 Å². The van der Waals surface area contributed by atoms with Gasteiger partial charge in [-0.3, -0.25) is 24.0 Å². The fourth-order valence-corrected chi connectivity index (χ4v) is 3.34. The van der Waals surface area contributed by atoms with Crippen LogP contribution in [0, 0.1) is 0 Å². The molecule has 0 radical (unpaired) electrons. The number of hydrogen-bond acceptors (Lipinski definition) is 10. The van der Waals surface area contributed by atoms with Gasteiger partial charge in [-0.2, -0.15) is 0 Å². The van der Waals surface area contributed by atoms with Gasteiger partial charge in [0.05, 0.1) is 6.42 Å². The summed E-state index contributed by atoms with van der Waals surface area (Å²) in [6.07, 6.45) is -5.15. The van der Waals surface area contributed by atoms with Crippen LogP contribution in [0.2, 0.25) is 0 Å². The van der Waals surface area contributed by atoms with E-state index in [-0.39, 0.29) is 13.0 Å². The van der Waals surface area contributed by atoms with Crippen LogP contribution in [-0.4, -0.2) is 67.0 Å². The third-order valence-electron chi connectivity index (χ3n) is 4.52. The van der Waals surface area contributed by atoms with E-state index in [0.29, 0.717) is 5.56 Å². The third-order valence-corrected chi connectivity index (χ3v) is 4.52. The predicted molar refractivity (Wildman–Crippen MR) is 110 cm³/mol. The highest BCUT2D eigenvalue weighted by atomic mass is 16.7. The third kappa shape index (κ3) is 8.19. The molecule has 1 N–H and O–H groups in total. The van der Waals surface area contributed by atoms with E-state index >= 15 is 0 Å². The van der Waals surface area contributed by atoms with Crippen molar-refractivity contribution in [2.75, 3.05) is 6.61 Å². The molecule has 1 aliphatic rings. The average molecular weight is 465 g/mol. The van der Waals surface area contributed by atoms with Crippen molar-refractivity contribution < 1.29 is 47.7 Å². The lowest BCUT2D eigenvalue weighted by Crippen LogP contribution is -2.67. The van der Waals surface area contributed by atoms with Crippen LogP contribution in [0.3, 0.4) is 0 Å². The van der Waals surface area contributed by atoms with Crippen LogP contribution in [0.15, 0.2) is 30.3 Å². The number of benzene rings is 1. The Bertz CT molecular complexity index is 871. The minimum Gasteiger partial charge on any atom is -0.463 e. The fraction of sp³-hybridized carbons (Fsp3) is 0.500. The Labute approximate surface area is 190 Å². The topological polar surface area (TPSA) is 144 Å². The van der Waals surface area contributed by atoms with Gasteiger partial charge in [0.1, 0.15) is 18.8 Å². The Balaban J connectivity index is 2.37. The predicted octanol–water partition coefficient (Wildman–Crippen LogP) is 0.428. The summed E-state index contributed by atoms with van der Waals surface area (Å²) in [6, 6.07) is 7.63. The molecule has 1 aliphatic heterocycles. The first-order chi connectivity index (χ1) is 15.6. The van der Waals surface area contributed by atoms with Gasteiger partial charge in [-0.05, 0) is 5.56 Å². The summed E-state index contributed by atoms with van der Waals surface area (Å²) in [5, 5.41) is 2.65. The monoisotopic (exact) mass is 465 g/mol. The van der Waals surface area contributed by atoms with Gasteiger partial charge in [-0.15, -0.1) is 0 Å². The molecule has 33 heavy (non-hydrogen) atoms. The summed E-state index contributed by atoms with van der Waals surface area (Å²) < 4.78 is 26.6. The molecular formula is C22H27NO10. The molecule has 1 aromatic carbocycles. The summed E-state index contributed by atoms with van der Waals surface area (Å²) in [4.78, 5) is 59.4. The highest BCUT2D eigenvalue weighted by Gasteiger charge is 2.52. The van der Waals surface area contributed by atoms with Crippen LogP contribution >= 0.6 is 0 Å². The number of hydrogen-bond donors (Lipinski definition) is 1. The SMILES string of the molecule is CC(=O)OCC1O[C@@H](OC(C)=O)[C@H](NC(=O)Cc2ccccc2)[C@@H](OC(C)=O)[C@H]1OC(C)=O. The zero-order valence-electron chi connectivity index (χ0n) is 18.8. The van der Waals surface area contributed by atoms with E-state index in [1.54, 1.807) is 30.3 Å². The van der Waals surface area contributed by atoms with E-state index in [1.807, 2.05) is 0 Å². The summed E-state index contributed by atoms with van der Waals surface area (Å²) in [7, 11) is 0. The molecule has 1 amide bonds. The maximum absolute atomic E-state index is 12.7. The van der Waals surface area contributed by atoms with E-state index in [0.717, 1.165) is 20.8 Å². The van der Waals surface area contributed by atoms with Crippen LogP contribution in [0.5, 0.6) is 0 Å². The molecule has 11 nitrogen and oxygen atoms in total. The fourth-order valence-electron chi connectivity index (χ4n) is 3.34. The van der Waals surface area contributed by atoms with Gasteiger partial charge in [0.15, 0.2) is 12.2 Å². The lowest BCUT2D eigenvalue weighted by atomic mass is 9.95. The Hall–Kier alpha value is -3.47. The highest BCUT2D eigenvalue weighted by Crippen LogP contribution is 2.28. The second-order valence-electron chi connectivity index (χ2n) is 7.36. The van der Waals surface area contributed by atoms with Gasteiger partial charge in [0.25, 0.3) is 0 Å². The smallest absolute Gasteiger partial charge is 0.305 e. The Morgan fingerprint density at radius 1 is 0.818 bits per heavy atom. The van der Waals surface area contributed by atoms with Crippen molar-refractivity contribution in [2.24, 2.45) is 0 Å². The number of nitrogens with one attached hydrogen (secondary N) is 1. The van der Waals surface area contributed by atoms with Crippen molar-refractivity contribution in [3.63, 3.8) is 0 Å². The second-order valence-corrected chi connectivity index (χ2v) is 7.36. The largest absolute Gasteiger partial charge is 0.463 e. The van der Waals surface area contributed by atoms with E-state index < -0.39 is 60.4 Å². The van der Waals surface area contributed by atoms with Crippen molar-refractivity contribution in [3.8, 4) is 0 Å². The lowest BCUT2D eigenvalue weighted by Gasteiger charge is -2.44. The van der Waals surface area contributed by atoms with Crippen molar-refractivity contribution in [1.82, 2.24) is 5.32 Å². The molecule has 0 bridgehead atoms. The molecule has 2 rings (SSSR count). The van der Waals surface area contributed by atoms with Crippen molar-refractivity contribution in [2.45, 2.75) is 64.8 Å². The van der Waals surface area contributed by atoms with E-state index in [4.69, 9.17) is 23.7 Å². The minimum absolute atomic E-state index is 0.0218. The van der Waals surface area contributed by atoms with E-state index in [1.165, 1.54) is 6.92 Å². The molecule has 1 aromatic rings. The van der Waals surface area contributed by atoms with Gasteiger partial charge in [-0.1, -0.05) is 30.3 Å². The molecule has 0 spiro atoms. The van der Waals surface area contributed by atoms with Gasteiger partial charge < -0.3 is 29.0 Å². The van der Waals surface area contributed by atoms with Crippen LogP contribution < -0.4 is 5.32 Å². The first-order valence-electron chi connectivity index (χ1n) is 10.2. The molecular weight excluding hydrogens is 438 g/mol. The van der Waals surface area contributed by atoms with Crippen LogP contribution in [0.25, 0.3) is 0 Å². The van der Waals surface area contributed by atoms with Crippen LogP contribution in [0.1, 0.15) is 33.3 Å². The Morgan fingerprint density at radius 2 is 1.39 bits per heavy atom. The molecule has 1 fully saturated rings. The molecule has 0 saturated carbocycles. The van der Waals surface area contributed by atoms with E-state index in [9.17, 15) is 24.0 Å². The van der Waals surface area contributed by atoms with Gasteiger partial charge in [-0.25, -0.2) is 0 Å². The summed E-state index contributed by atoms with van der Waals surface area (Å²) in [5.74, 6) is -3.32. The van der Waals surface area contributed by atoms with Crippen molar-refractivity contribution in [1.29, 1.82) is 0 Å². The molecule has 5 atom stereocenters. The molecule has 1 unspecified atom stereocenters. The zero-order valence-corrected chi connectivity index (χ0v) is 18.8. The lowest BCUT2D eigenvalue weighted by molar-refractivity contribution is -0.271. The van der Waals surface area contributed by atoms with Crippen LogP contribution in [-0.2, 0) is 54.1 Å². The number of carbonyl (C=O) groups is 5. The number of amides is 1. The van der Waals surface area contributed by atoms with Crippen LogP contribution in [0.4, 0.5) is 0 Å². The summed E-state index contributed by atoms with van der Waals surface area (Å²) in [6.45, 7) is 4.18.